The fourth-order valence-corrected chi connectivity index (χ4v) is 2.26. The summed E-state index contributed by atoms with van der Waals surface area (Å²) in [6.45, 7) is 3.21. The lowest BCUT2D eigenvalue weighted by Gasteiger charge is -2.28. The van der Waals surface area contributed by atoms with Gasteiger partial charge < -0.3 is 15.0 Å². The van der Waals surface area contributed by atoms with Crippen molar-refractivity contribution in [3.8, 4) is 6.01 Å². The number of alkyl halides is 2. The molecule has 1 aromatic carbocycles. The highest BCUT2D eigenvalue weighted by molar-refractivity contribution is 5.39. The zero-order valence-electron chi connectivity index (χ0n) is 11.9. The number of halogens is 2. The number of nitrogens with zero attached hydrogens (tertiary/aromatic N) is 3. The molecular formula is C15H16F2N4O. The van der Waals surface area contributed by atoms with Crippen molar-refractivity contribution in [2.45, 2.75) is 6.11 Å². The van der Waals surface area contributed by atoms with Crippen LogP contribution in [0.1, 0.15) is 5.56 Å². The number of rotatable bonds is 4. The zero-order chi connectivity index (χ0) is 15.4. The summed E-state index contributed by atoms with van der Waals surface area (Å²) in [6, 6.07) is 8.71. The van der Waals surface area contributed by atoms with Crippen LogP contribution in [0.4, 0.5) is 14.6 Å². The molecule has 0 amide bonds. The Kier molecular flexibility index (Phi) is 4.15. The predicted molar refractivity (Wildman–Crippen MR) is 78.1 cm³/mol. The van der Waals surface area contributed by atoms with Gasteiger partial charge in [-0.2, -0.15) is 13.8 Å². The molecule has 0 bridgehead atoms. The van der Waals surface area contributed by atoms with Crippen molar-refractivity contribution in [2.24, 2.45) is 0 Å². The summed E-state index contributed by atoms with van der Waals surface area (Å²) in [5.74, 6) is 0.593. The van der Waals surface area contributed by atoms with Gasteiger partial charge in [0, 0.05) is 32.4 Å². The van der Waals surface area contributed by atoms with Crippen molar-refractivity contribution in [1.29, 1.82) is 0 Å². The van der Waals surface area contributed by atoms with E-state index in [0.29, 0.717) is 5.82 Å². The minimum Gasteiger partial charge on any atom is -0.395 e. The Balaban J connectivity index is 1.77. The molecule has 2 heterocycles. The molecule has 116 valence electrons. The van der Waals surface area contributed by atoms with Crippen molar-refractivity contribution >= 4 is 5.82 Å². The summed E-state index contributed by atoms with van der Waals surface area (Å²) in [4.78, 5) is 9.89. The fraction of sp³-hybridized carbons (Fsp3) is 0.333. The van der Waals surface area contributed by atoms with E-state index >= 15 is 0 Å². The van der Waals surface area contributed by atoms with Gasteiger partial charge in [0.2, 0.25) is 0 Å². The Morgan fingerprint density at radius 2 is 1.82 bits per heavy atom. The van der Waals surface area contributed by atoms with Crippen molar-refractivity contribution < 1.29 is 13.5 Å². The number of hydrogen-bond acceptors (Lipinski definition) is 5. The minimum atomic E-state index is -3.47. The second-order valence-electron chi connectivity index (χ2n) is 4.92. The normalized spacial score (nSPS) is 15.6. The Bertz CT molecular complexity index is 618. The molecule has 5 nitrogen and oxygen atoms in total. The standard InChI is InChI=1S/C15H16F2N4O/c16-15(17,12-4-2-1-3-5-12)22-14-19-7-6-13(20-14)21-10-8-18-9-11-21/h1-7,18H,8-11H2. The van der Waals surface area contributed by atoms with Gasteiger partial charge in [0.05, 0.1) is 5.56 Å². The Morgan fingerprint density at radius 3 is 2.55 bits per heavy atom. The second-order valence-corrected chi connectivity index (χ2v) is 4.92. The number of nitrogens with one attached hydrogen (secondary N) is 1. The first-order chi connectivity index (χ1) is 10.6. The molecule has 7 heteroatoms. The number of anilines is 1. The molecular weight excluding hydrogens is 290 g/mol. The van der Waals surface area contributed by atoms with Gasteiger partial charge in [-0.1, -0.05) is 18.2 Å². The summed E-state index contributed by atoms with van der Waals surface area (Å²) in [6.07, 6.45) is -2.04. The van der Waals surface area contributed by atoms with Gasteiger partial charge in [0.15, 0.2) is 0 Å². The molecule has 1 fully saturated rings. The molecule has 0 aliphatic carbocycles. The SMILES string of the molecule is FC(F)(Oc1nccc(N2CCNCC2)n1)c1ccccc1. The third-order valence-electron chi connectivity index (χ3n) is 3.39. The highest BCUT2D eigenvalue weighted by Crippen LogP contribution is 2.30. The lowest BCUT2D eigenvalue weighted by atomic mass is 10.2. The van der Waals surface area contributed by atoms with E-state index in [2.05, 4.69) is 15.3 Å². The number of ether oxygens (including phenoxy) is 1. The summed E-state index contributed by atoms with van der Waals surface area (Å²) in [7, 11) is 0. The number of benzene rings is 1. The summed E-state index contributed by atoms with van der Waals surface area (Å²) in [5, 5.41) is 3.22. The van der Waals surface area contributed by atoms with E-state index in [-0.39, 0.29) is 11.6 Å². The van der Waals surface area contributed by atoms with Crippen molar-refractivity contribution in [3.05, 3.63) is 48.2 Å². The van der Waals surface area contributed by atoms with Crippen molar-refractivity contribution in [1.82, 2.24) is 15.3 Å². The van der Waals surface area contributed by atoms with Crippen LogP contribution in [0.15, 0.2) is 42.6 Å². The van der Waals surface area contributed by atoms with E-state index in [4.69, 9.17) is 4.74 Å². The quantitative estimate of drug-likeness (QED) is 0.936. The van der Waals surface area contributed by atoms with E-state index in [1.54, 1.807) is 12.1 Å². The molecule has 1 aliphatic heterocycles. The second kappa shape index (κ2) is 6.23. The molecule has 1 saturated heterocycles. The lowest BCUT2D eigenvalue weighted by Crippen LogP contribution is -2.43. The first kappa shape index (κ1) is 14.6. The monoisotopic (exact) mass is 306 g/mol. The van der Waals surface area contributed by atoms with Crippen LogP contribution in [-0.4, -0.2) is 36.1 Å². The van der Waals surface area contributed by atoms with Crippen LogP contribution < -0.4 is 15.0 Å². The summed E-state index contributed by atoms with van der Waals surface area (Å²) < 4.78 is 32.9. The van der Waals surface area contributed by atoms with Gasteiger partial charge in [-0.25, -0.2) is 4.98 Å². The molecule has 22 heavy (non-hydrogen) atoms. The Labute approximate surface area is 127 Å². The predicted octanol–water partition coefficient (Wildman–Crippen LogP) is 2.01. The number of aromatic nitrogens is 2. The molecule has 1 aliphatic rings. The largest absolute Gasteiger partial charge is 0.428 e. The summed E-state index contributed by atoms with van der Waals surface area (Å²) >= 11 is 0. The maximum atomic E-state index is 14.1. The maximum absolute atomic E-state index is 14.1. The molecule has 1 aromatic heterocycles. The topological polar surface area (TPSA) is 50.3 Å². The van der Waals surface area contributed by atoms with Crippen LogP contribution in [-0.2, 0) is 6.11 Å². The maximum Gasteiger partial charge on any atom is 0.428 e. The van der Waals surface area contributed by atoms with E-state index in [9.17, 15) is 8.78 Å². The van der Waals surface area contributed by atoms with E-state index in [1.807, 2.05) is 4.90 Å². The Hall–Kier alpha value is -2.28. The average Bonchev–Trinajstić information content (AvgIpc) is 2.56. The van der Waals surface area contributed by atoms with Crippen LogP contribution in [0.5, 0.6) is 6.01 Å². The fourth-order valence-electron chi connectivity index (χ4n) is 2.26. The van der Waals surface area contributed by atoms with Crippen molar-refractivity contribution in [3.63, 3.8) is 0 Å². The zero-order valence-corrected chi connectivity index (χ0v) is 11.9. The third-order valence-corrected chi connectivity index (χ3v) is 3.39. The van der Waals surface area contributed by atoms with E-state index in [1.165, 1.54) is 30.5 Å². The minimum absolute atomic E-state index is 0.230. The van der Waals surface area contributed by atoms with Gasteiger partial charge in [-0.3, -0.25) is 0 Å². The van der Waals surface area contributed by atoms with Crippen LogP contribution in [0.2, 0.25) is 0 Å². The summed E-state index contributed by atoms with van der Waals surface area (Å²) in [5.41, 5.74) is -0.230. The van der Waals surface area contributed by atoms with Gasteiger partial charge in [-0.05, 0) is 18.2 Å². The highest BCUT2D eigenvalue weighted by atomic mass is 19.3. The van der Waals surface area contributed by atoms with Gasteiger partial charge >= 0.3 is 12.1 Å². The Morgan fingerprint density at radius 1 is 1.09 bits per heavy atom. The van der Waals surface area contributed by atoms with E-state index in [0.717, 1.165) is 26.2 Å². The van der Waals surface area contributed by atoms with Gasteiger partial charge in [0.1, 0.15) is 5.82 Å². The highest BCUT2D eigenvalue weighted by Gasteiger charge is 2.35. The first-order valence-electron chi connectivity index (χ1n) is 7.06. The van der Waals surface area contributed by atoms with Crippen molar-refractivity contribution in [2.75, 3.05) is 31.1 Å². The molecule has 0 radical (unpaired) electrons. The van der Waals surface area contributed by atoms with Crippen LogP contribution >= 0.6 is 0 Å². The third kappa shape index (κ3) is 3.30. The van der Waals surface area contributed by atoms with Crippen LogP contribution in [0, 0.1) is 0 Å². The van der Waals surface area contributed by atoms with Gasteiger partial charge in [-0.15, -0.1) is 0 Å². The van der Waals surface area contributed by atoms with Crippen LogP contribution in [0.25, 0.3) is 0 Å². The van der Waals surface area contributed by atoms with Crippen LogP contribution in [0.3, 0.4) is 0 Å². The molecule has 3 rings (SSSR count). The first-order valence-corrected chi connectivity index (χ1v) is 7.06. The molecule has 0 unspecified atom stereocenters. The number of piperazine rings is 1. The molecule has 0 atom stereocenters. The smallest absolute Gasteiger partial charge is 0.395 e. The van der Waals surface area contributed by atoms with E-state index < -0.39 is 6.11 Å². The molecule has 2 aromatic rings. The molecule has 0 saturated carbocycles. The molecule has 0 spiro atoms. The van der Waals surface area contributed by atoms with Gasteiger partial charge in [0.25, 0.3) is 0 Å². The average molecular weight is 306 g/mol. The number of hydrogen-bond donors (Lipinski definition) is 1. The lowest BCUT2D eigenvalue weighted by molar-refractivity contribution is -0.189. The molecule has 1 N–H and O–H groups in total.